The molecule has 2 heteroatoms. The van der Waals surface area contributed by atoms with E-state index in [0.717, 1.165) is 18.7 Å². The first-order chi connectivity index (χ1) is 6.23. The van der Waals surface area contributed by atoms with E-state index >= 15 is 0 Å². The zero-order chi connectivity index (χ0) is 9.73. The lowest BCUT2D eigenvalue weighted by molar-refractivity contribution is 0.347. The molecule has 0 amide bonds. The Labute approximate surface area is 81.7 Å². The molecule has 0 fully saturated rings. The highest BCUT2D eigenvalue weighted by molar-refractivity contribution is 7.59. The van der Waals surface area contributed by atoms with Gasteiger partial charge in [-0.15, -0.1) is 0 Å². The smallest absolute Gasteiger partial charge is 0.195 e. The quantitative estimate of drug-likeness (QED) is 0.607. The van der Waals surface area contributed by atoms with Crippen molar-refractivity contribution in [3.63, 3.8) is 0 Å². The minimum absolute atomic E-state index is 0.603. The van der Waals surface area contributed by atoms with E-state index in [1.54, 1.807) is 6.08 Å². The Morgan fingerprint density at radius 3 is 2.62 bits per heavy atom. The summed E-state index contributed by atoms with van der Waals surface area (Å²) < 4.78 is 14.3. The fourth-order valence-electron chi connectivity index (χ4n) is 1.84. The van der Waals surface area contributed by atoms with Crippen molar-refractivity contribution in [3.05, 3.63) is 24.3 Å². The number of halogens is 1. The van der Waals surface area contributed by atoms with Gasteiger partial charge in [0.1, 0.15) is 0 Å². The van der Waals surface area contributed by atoms with Crippen LogP contribution in [-0.4, -0.2) is 17.7 Å². The third-order valence-electron chi connectivity index (χ3n) is 2.59. The lowest BCUT2D eigenvalue weighted by Gasteiger charge is -2.24. The maximum absolute atomic E-state index is 14.3. The molecular weight excluding hydrogens is 182 g/mol. The van der Waals surface area contributed by atoms with Gasteiger partial charge >= 0.3 is 0 Å². The largest absolute Gasteiger partial charge is 0.234 e. The molecule has 0 spiro atoms. The first-order valence-electron chi connectivity index (χ1n) is 5.11. The average Bonchev–Trinajstić information content (AvgIpc) is 2.15. The Kier molecular flexibility index (Phi) is 4.12. The van der Waals surface area contributed by atoms with Crippen LogP contribution in [-0.2, 0) is 0 Å². The summed E-state index contributed by atoms with van der Waals surface area (Å²) in [4.78, 5) is 0. The lowest BCUT2D eigenvalue weighted by Crippen LogP contribution is -2.20. The van der Waals surface area contributed by atoms with Crippen LogP contribution in [0.1, 0.15) is 26.7 Å². The molecule has 0 saturated carbocycles. The molecule has 0 nitrogen and oxygen atoms in total. The molecule has 0 aromatic rings. The minimum atomic E-state index is -0.968. The van der Waals surface area contributed by atoms with Crippen LogP contribution in [0.2, 0.25) is 0 Å². The molecule has 0 heterocycles. The van der Waals surface area contributed by atoms with E-state index in [1.807, 2.05) is 18.2 Å². The summed E-state index contributed by atoms with van der Waals surface area (Å²) in [6.07, 6.45) is 11.4. The molecule has 1 aliphatic carbocycles. The van der Waals surface area contributed by atoms with Crippen LogP contribution in [0.3, 0.4) is 0 Å². The first kappa shape index (κ1) is 10.9. The molecule has 0 N–H and O–H groups in total. The molecule has 1 aliphatic rings. The maximum Gasteiger partial charge on any atom is 0.234 e. The monoisotopic (exact) mass is 201 g/mol. The van der Waals surface area contributed by atoms with E-state index in [9.17, 15) is 4.39 Å². The van der Waals surface area contributed by atoms with Crippen molar-refractivity contribution in [1.82, 2.24) is 0 Å². The summed E-state index contributed by atoms with van der Waals surface area (Å²) in [6, 6.07) is 0. The van der Waals surface area contributed by atoms with E-state index in [4.69, 9.17) is 0 Å². The molecule has 0 aromatic heterocycles. The third-order valence-corrected chi connectivity index (χ3v) is 6.09. The molecule has 0 aromatic carbocycles. The highest BCUT2D eigenvalue weighted by atomic mass is 31.1. The fraction of sp³-hybridized carbons (Fsp3) is 0.636. The predicted octanol–water partition coefficient (Wildman–Crippen LogP) is 3.81. The second kappa shape index (κ2) is 4.91. The zero-order valence-electron chi connectivity index (χ0n) is 8.52. The minimum Gasteiger partial charge on any atom is -0.195 e. The van der Waals surface area contributed by atoms with Crippen molar-refractivity contribution < 1.29 is 4.39 Å². The maximum atomic E-state index is 14.3. The Morgan fingerprint density at radius 2 is 2.15 bits per heavy atom. The SMILES string of the molecule is CCC[PH+](CC)C1(F)C=CC=CC1. The lowest BCUT2D eigenvalue weighted by atomic mass is 10.1. The molecule has 1 rings (SSSR count). The van der Waals surface area contributed by atoms with Gasteiger partial charge in [0, 0.05) is 14.3 Å². The number of hydrogen-bond acceptors (Lipinski definition) is 0. The number of alkyl halides is 1. The van der Waals surface area contributed by atoms with Gasteiger partial charge in [-0.3, -0.25) is 0 Å². The molecule has 2 unspecified atom stereocenters. The van der Waals surface area contributed by atoms with Crippen LogP contribution in [0, 0.1) is 0 Å². The van der Waals surface area contributed by atoms with Crippen molar-refractivity contribution in [2.24, 2.45) is 0 Å². The van der Waals surface area contributed by atoms with Gasteiger partial charge < -0.3 is 0 Å². The Morgan fingerprint density at radius 1 is 1.38 bits per heavy atom. The van der Waals surface area contributed by atoms with E-state index in [-0.39, 0.29) is 0 Å². The second-order valence-corrected chi connectivity index (χ2v) is 6.81. The van der Waals surface area contributed by atoms with Gasteiger partial charge in [-0.05, 0) is 19.4 Å². The Bertz CT molecular complexity index is 210. The van der Waals surface area contributed by atoms with Crippen molar-refractivity contribution in [2.45, 2.75) is 32.1 Å². The number of hydrogen-bond donors (Lipinski definition) is 0. The molecule has 13 heavy (non-hydrogen) atoms. The summed E-state index contributed by atoms with van der Waals surface area (Å²) >= 11 is 0. The first-order valence-corrected chi connectivity index (χ1v) is 7.02. The zero-order valence-corrected chi connectivity index (χ0v) is 9.52. The van der Waals surface area contributed by atoms with E-state index in [2.05, 4.69) is 13.8 Å². The van der Waals surface area contributed by atoms with Crippen molar-refractivity contribution in [2.75, 3.05) is 12.3 Å². The molecule has 74 valence electrons. The third kappa shape index (κ3) is 2.64. The fourth-order valence-corrected chi connectivity index (χ4v) is 4.54. The molecule has 0 bridgehead atoms. The predicted molar refractivity (Wildman–Crippen MR) is 60.8 cm³/mol. The topological polar surface area (TPSA) is 0 Å². The molecule has 0 radical (unpaired) electrons. The van der Waals surface area contributed by atoms with Crippen LogP contribution in [0.5, 0.6) is 0 Å². The van der Waals surface area contributed by atoms with Gasteiger partial charge in [0.25, 0.3) is 0 Å². The standard InChI is InChI=1S/C11H18FP/c1-3-10-13(4-2)11(12)8-6-5-7-9-11/h5-8H,3-4,9-10H2,1-2H3/p+1. The van der Waals surface area contributed by atoms with Gasteiger partial charge in [0.15, 0.2) is 0 Å². The van der Waals surface area contributed by atoms with Crippen molar-refractivity contribution >= 4 is 7.92 Å². The average molecular weight is 201 g/mol. The van der Waals surface area contributed by atoms with Gasteiger partial charge in [-0.25, -0.2) is 0 Å². The van der Waals surface area contributed by atoms with Crippen LogP contribution in [0.15, 0.2) is 24.3 Å². The summed E-state index contributed by atoms with van der Waals surface area (Å²) in [5, 5.41) is -0.968. The van der Waals surface area contributed by atoms with E-state index < -0.39 is 13.3 Å². The highest BCUT2D eigenvalue weighted by Gasteiger charge is 2.40. The Hall–Kier alpha value is -0.160. The summed E-state index contributed by atoms with van der Waals surface area (Å²) in [5.41, 5.74) is 0. The summed E-state index contributed by atoms with van der Waals surface area (Å²) in [6.45, 7) is 4.27. The summed E-state index contributed by atoms with van der Waals surface area (Å²) in [7, 11) is -0.839. The van der Waals surface area contributed by atoms with E-state index in [1.165, 1.54) is 0 Å². The highest BCUT2D eigenvalue weighted by Crippen LogP contribution is 2.54. The van der Waals surface area contributed by atoms with E-state index in [0.29, 0.717) is 6.42 Å². The number of rotatable bonds is 4. The molecular formula is C11H19FP+. The van der Waals surface area contributed by atoms with Crippen LogP contribution in [0.25, 0.3) is 0 Å². The molecule has 0 aliphatic heterocycles. The van der Waals surface area contributed by atoms with Crippen LogP contribution < -0.4 is 0 Å². The van der Waals surface area contributed by atoms with Crippen molar-refractivity contribution in [1.29, 1.82) is 0 Å². The van der Waals surface area contributed by atoms with Crippen molar-refractivity contribution in [3.8, 4) is 0 Å². The number of allylic oxidation sites excluding steroid dienone is 4. The van der Waals surface area contributed by atoms with Crippen LogP contribution in [0.4, 0.5) is 4.39 Å². The molecule has 2 atom stereocenters. The second-order valence-electron chi connectivity index (χ2n) is 3.56. The summed E-state index contributed by atoms with van der Waals surface area (Å²) in [5.74, 6) is 0. The van der Waals surface area contributed by atoms with Gasteiger partial charge in [0.2, 0.25) is 5.41 Å². The van der Waals surface area contributed by atoms with Crippen LogP contribution >= 0.6 is 7.92 Å². The van der Waals surface area contributed by atoms with Gasteiger partial charge in [-0.2, -0.15) is 4.39 Å². The van der Waals surface area contributed by atoms with Gasteiger partial charge in [0.05, 0.1) is 12.3 Å². The van der Waals surface area contributed by atoms with Gasteiger partial charge in [-0.1, -0.05) is 25.2 Å². The normalized spacial score (nSPS) is 29.2. The Balaban J connectivity index is 2.65. The molecule has 0 saturated heterocycles.